The number of tetrazole rings is 1. The lowest BCUT2D eigenvalue weighted by atomic mass is 10.2. The van der Waals surface area contributed by atoms with Crippen molar-refractivity contribution in [2.75, 3.05) is 0 Å². The number of hydrogen-bond acceptors (Lipinski definition) is 4. The largest absolute Gasteiger partial charge is 0.489 e. The number of aromatic nitrogens is 4. The molecular formula is C14H11FN4O. The van der Waals surface area contributed by atoms with E-state index in [4.69, 9.17) is 4.74 Å². The van der Waals surface area contributed by atoms with E-state index in [1.54, 1.807) is 12.1 Å². The van der Waals surface area contributed by atoms with Gasteiger partial charge in [0, 0.05) is 6.07 Å². The van der Waals surface area contributed by atoms with Crippen LogP contribution in [0.15, 0.2) is 48.5 Å². The SMILES string of the molecule is Fc1cc(OCc2ccccc2)ccc1-c1nn[nH]n1. The van der Waals surface area contributed by atoms with Crippen molar-refractivity contribution in [1.29, 1.82) is 0 Å². The van der Waals surface area contributed by atoms with E-state index in [-0.39, 0.29) is 11.4 Å². The van der Waals surface area contributed by atoms with Gasteiger partial charge in [-0.15, -0.1) is 10.2 Å². The van der Waals surface area contributed by atoms with E-state index in [1.165, 1.54) is 6.07 Å². The summed E-state index contributed by atoms with van der Waals surface area (Å²) in [6.07, 6.45) is 0. The van der Waals surface area contributed by atoms with E-state index in [0.717, 1.165) is 5.56 Å². The van der Waals surface area contributed by atoms with Gasteiger partial charge in [-0.3, -0.25) is 0 Å². The highest BCUT2D eigenvalue weighted by molar-refractivity contribution is 5.56. The first-order valence-corrected chi connectivity index (χ1v) is 6.03. The summed E-state index contributed by atoms with van der Waals surface area (Å²) >= 11 is 0. The van der Waals surface area contributed by atoms with Crippen molar-refractivity contribution in [3.05, 3.63) is 59.9 Å². The van der Waals surface area contributed by atoms with E-state index >= 15 is 0 Å². The molecule has 3 aromatic rings. The van der Waals surface area contributed by atoms with Crippen molar-refractivity contribution in [3.63, 3.8) is 0 Å². The lowest BCUT2D eigenvalue weighted by Gasteiger charge is -2.07. The molecule has 0 atom stereocenters. The van der Waals surface area contributed by atoms with Crippen LogP contribution >= 0.6 is 0 Å². The van der Waals surface area contributed by atoms with Crippen LogP contribution in [0.25, 0.3) is 11.4 Å². The highest BCUT2D eigenvalue weighted by Gasteiger charge is 2.10. The standard InChI is InChI=1S/C14H11FN4O/c15-13-8-11(20-9-10-4-2-1-3-5-10)6-7-12(13)14-16-18-19-17-14/h1-8H,9H2,(H,16,17,18,19). The minimum Gasteiger partial charge on any atom is -0.489 e. The van der Waals surface area contributed by atoms with Gasteiger partial charge in [0.2, 0.25) is 5.82 Å². The topological polar surface area (TPSA) is 63.7 Å². The molecule has 5 nitrogen and oxygen atoms in total. The van der Waals surface area contributed by atoms with Crippen LogP contribution < -0.4 is 4.74 Å². The van der Waals surface area contributed by atoms with Gasteiger partial charge in [0.1, 0.15) is 18.2 Å². The summed E-state index contributed by atoms with van der Waals surface area (Å²) < 4.78 is 19.5. The van der Waals surface area contributed by atoms with E-state index in [9.17, 15) is 4.39 Å². The third-order valence-corrected chi connectivity index (χ3v) is 2.78. The predicted octanol–water partition coefficient (Wildman–Crippen LogP) is 2.58. The summed E-state index contributed by atoms with van der Waals surface area (Å²) in [5, 5.41) is 13.2. The van der Waals surface area contributed by atoms with Gasteiger partial charge in [-0.1, -0.05) is 30.3 Å². The number of hydrogen-bond donors (Lipinski definition) is 1. The van der Waals surface area contributed by atoms with Gasteiger partial charge in [0.05, 0.1) is 5.56 Å². The molecule has 0 unspecified atom stereocenters. The van der Waals surface area contributed by atoms with Crippen LogP contribution in [0.3, 0.4) is 0 Å². The Bertz CT molecular complexity index is 686. The number of rotatable bonds is 4. The highest BCUT2D eigenvalue weighted by atomic mass is 19.1. The van der Waals surface area contributed by atoms with Gasteiger partial charge in [-0.25, -0.2) is 4.39 Å². The van der Waals surface area contributed by atoms with Crippen molar-refractivity contribution in [1.82, 2.24) is 20.6 Å². The molecule has 0 spiro atoms. The zero-order valence-electron chi connectivity index (χ0n) is 10.5. The number of ether oxygens (including phenoxy) is 1. The second kappa shape index (κ2) is 5.48. The molecule has 0 radical (unpaired) electrons. The van der Waals surface area contributed by atoms with Crippen molar-refractivity contribution in [2.45, 2.75) is 6.61 Å². The maximum atomic E-state index is 13.9. The summed E-state index contributed by atoms with van der Waals surface area (Å²) in [5.41, 5.74) is 1.31. The van der Waals surface area contributed by atoms with E-state index in [1.807, 2.05) is 30.3 Å². The Morgan fingerprint density at radius 2 is 1.95 bits per heavy atom. The van der Waals surface area contributed by atoms with Gasteiger partial charge in [-0.2, -0.15) is 5.21 Å². The summed E-state index contributed by atoms with van der Waals surface area (Å²) in [6, 6.07) is 14.3. The molecule has 0 saturated carbocycles. The molecule has 1 N–H and O–H groups in total. The van der Waals surface area contributed by atoms with Gasteiger partial charge in [0.15, 0.2) is 0 Å². The number of nitrogens with zero attached hydrogens (tertiary/aromatic N) is 3. The van der Waals surface area contributed by atoms with Crippen molar-refractivity contribution in [2.24, 2.45) is 0 Å². The first kappa shape index (κ1) is 12.3. The van der Waals surface area contributed by atoms with Crippen LogP contribution in [0.4, 0.5) is 4.39 Å². The fraction of sp³-hybridized carbons (Fsp3) is 0.0714. The Kier molecular flexibility index (Phi) is 3.36. The summed E-state index contributed by atoms with van der Waals surface area (Å²) in [6.45, 7) is 0.391. The summed E-state index contributed by atoms with van der Waals surface area (Å²) in [7, 11) is 0. The Morgan fingerprint density at radius 1 is 1.10 bits per heavy atom. The van der Waals surface area contributed by atoms with Crippen LogP contribution in [0.5, 0.6) is 5.75 Å². The van der Waals surface area contributed by atoms with Crippen molar-refractivity contribution < 1.29 is 9.13 Å². The Balaban J connectivity index is 1.74. The first-order chi connectivity index (χ1) is 9.83. The zero-order chi connectivity index (χ0) is 13.8. The maximum Gasteiger partial charge on any atom is 0.207 e. The molecule has 100 valence electrons. The van der Waals surface area contributed by atoms with Crippen molar-refractivity contribution >= 4 is 0 Å². The van der Waals surface area contributed by atoms with Gasteiger partial charge in [-0.05, 0) is 22.9 Å². The molecule has 1 aromatic heterocycles. The first-order valence-electron chi connectivity index (χ1n) is 6.03. The molecule has 0 aliphatic rings. The molecule has 0 saturated heterocycles. The molecular weight excluding hydrogens is 259 g/mol. The molecule has 3 rings (SSSR count). The van der Waals surface area contributed by atoms with Crippen LogP contribution in [0.1, 0.15) is 5.56 Å². The van der Waals surface area contributed by atoms with Crippen molar-refractivity contribution in [3.8, 4) is 17.1 Å². The smallest absolute Gasteiger partial charge is 0.207 e. The molecule has 6 heteroatoms. The zero-order valence-corrected chi connectivity index (χ0v) is 10.5. The average molecular weight is 270 g/mol. The fourth-order valence-electron chi connectivity index (χ4n) is 1.78. The molecule has 0 amide bonds. The third-order valence-electron chi connectivity index (χ3n) is 2.78. The van der Waals surface area contributed by atoms with Crippen LogP contribution in [-0.4, -0.2) is 20.6 Å². The van der Waals surface area contributed by atoms with Crippen LogP contribution in [-0.2, 0) is 6.61 Å². The monoisotopic (exact) mass is 270 g/mol. The Hall–Kier alpha value is -2.76. The van der Waals surface area contributed by atoms with E-state index < -0.39 is 5.82 Å². The van der Waals surface area contributed by atoms with Crippen LogP contribution in [0, 0.1) is 5.82 Å². The lowest BCUT2D eigenvalue weighted by molar-refractivity contribution is 0.304. The van der Waals surface area contributed by atoms with Gasteiger partial charge in [0.25, 0.3) is 0 Å². The quantitative estimate of drug-likeness (QED) is 0.791. The molecule has 0 bridgehead atoms. The molecule has 20 heavy (non-hydrogen) atoms. The maximum absolute atomic E-state index is 13.9. The second-order valence-corrected chi connectivity index (χ2v) is 4.15. The Morgan fingerprint density at radius 3 is 2.65 bits per heavy atom. The average Bonchev–Trinajstić information content (AvgIpc) is 3.00. The third kappa shape index (κ3) is 2.64. The van der Waals surface area contributed by atoms with Gasteiger partial charge >= 0.3 is 0 Å². The number of H-pyrrole nitrogens is 1. The van der Waals surface area contributed by atoms with Crippen LogP contribution in [0.2, 0.25) is 0 Å². The minimum atomic E-state index is -0.447. The lowest BCUT2D eigenvalue weighted by Crippen LogP contribution is -1.96. The molecule has 2 aromatic carbocycles. The molecule has 0 aliphatic carbocycles. The van der Waals surface area contributed by atoms with Gasteiger partial charge < -0.3 is 4.74 Å². The number of halogens is 1. The normalized spacial score (nSPS) is 10.4. The molecule has 0 aliphatic heterocycles. The summed E-state index contributed by atoms with van der Waals surface area (Å²) in [4.78, 5) is 0. The highest BCUT2D eigenvalue weighted by Crippen LogP contribution is 2.23. The molecule has 0 fully saturated rings. The second-order valence-electron chi connectivity index (χ2n) is 4.15. The Labute approximate surface area is 114 Å². The number of benzene rings is 2. The van der Waals surface area contributed by atoms with E-state index in [0.29, 0.717) is 12.4 Å². The predicted molar refractivity (Wildman–Crippen MR) is 70.3 cm³/mol. The summed E-state index contributed by atoms with van der Waals surface area (Å²) in [5.74, 6) is 0.229. The number of aromatic amines is 1. The van der Waals surface area contributed by atoms with E-state index in [2.05, 4.69) is 20.6 Å². The fourth-order valence-corrected chi connectivity index (χ4v) is 1.78. The minimum absolute atomic E-state index is 0.220. The number of nitrogens with one attached hydrogen (secondary N) is 1. The molecule has 1 heterocycles.